The van der Waals surface area contributed by atoms with Crippen LogP contribution in [0.15, 0.2) is 0 Å². The second-order valence-electron chi connectivity index (χ2n) is 2.55. The Hall–Kier alpha value is -1.03. The number of aliphatic hydroxyl groups excluding tert-OH is 1. The predicted molar refractivity (Wildman–Crippen MR) is 36.4 cm³/mol. The van der Waals surface area contributed by atoms with Gasteiger partial charge in [-0.05, 0) is 0 Å². The Morgan fingerprint density at radius 3 is 2.06 bits per heavy atom. The molecule has 0 rings (SSSR count). The zero-order valence-corrected chi connectivity index (χ0v) is 8.80. The van der Waals surface area contributed by atoms with Crippen molar-refractivity contribution in [3.05, 3.63) is 6.29 Å². The van der Waals surface area contributed by atoms with Gasteiger partial charge in [0.1, 0.15) is 6.42 Å². The molecule has 10 heteroatoms. The molecule has 0 aromatic carbocycles. The van der Waals surface area contributed by atoms with Gasteiger partial charge in [0, 0.05) is 10.9 Å². The Bertz CT molecular complexity index is 226. The molecule has 0 amide bonds. The van der Waals surface area contributed by atoms with E-state index in [-0.39, 0.29) is 0 Å². The number of aliphatic carboxylic acids is 2. The molecule has 0 aliphatic carbocycles. The summed E-state index contributed by atoms with van der Waals surface area (Å²) in [4.78, 5) is 23.5. The van der Waals surface area contributed by atoms with Crippen LogP contribution in [0.3, 0.4) is 0 Å². The molecule has 1 atom stereocenters. The maximum absolute atomic E-state index is 10.2. The summed E-state index contributed by atoms with van der Waals surface area (Å²) in [7, 11) is 0. The maximum atomic E-state index is 10.2. The van der Waals surface area contributed by atoms with E-state index in [9.17, 15) is 19.8 Å². The first-order valence-corrected chi connectivity index (χ1v) is 3.97. The molecule has 0 saturated carbocycles. The average molecular weight is 279 g/mol. The first-order valence-electron chi connectivity index (χ1n) is 3.49. The summed E-state index contributed by atoms with van der Waals surface area (Å²) < 4.78 is 8.06. The zero-order chi connectivity index (χ0) is 13.4. The van der Waals surface area contributed by atoms with Gasteiger partial charge in [-0.2, -0.15) is 5.11 Å². The second kappa shape index (κ2) is 8.16. The molecule has 0 aromatic rings. The predicted octanol–water partition coefficient (Wildman–Crippen LogP) is -2.44. The van der Waals surface area contributed by atoms with Crippen LogP contribution in [-0.2, 0) is 34.3 Å². The van der Waals surface area contributed by atoms with Gasteiger partial charge in [-0.1, -0.05) is 0 Å². The minimum atomic E-state index is -2.71. The van der Waals surface area contributed by atoms with Crippen molar-refractivity contribution in [2.45, 2.75) is 18.4 Å². The summed E-state index contributed by atoms with van der Waals surface area (Å²) in [6.07, 6.45) is -3.87. The molecule has 93 valence electrons. The van der Waals surface area contributed by atoms with Gasteiger partial charge in [0.05, 0.1) is 6.42 Å². The second-order valence-corrected chi connectivity index (χ2v) is 2.55. The summed E-state index contributed by atoms with van der Waals surface area (Å²) in [5.74, 6) is -3.39. The van der Waals surface area contributed by atoms with Crippen molar-refractivity contribution in [2.75, 3.05) is 0 Å². The van der Waals surface area contributed by atoms with E-state index in [1.807, 2.05) is 0 Å². The van der Waals surface area contributed by atoms with Crippen LogP contribution in [0.2, 0.25) is 0 Å². The van der Waals surface area contributed by atoms with Gasteiger partial charge in [0.25, 0.3) is 5.60 Å². The molecule has 0 saturated heterocycles. The van der Waals surface area contributed by atoms with E-state index in [0.717, 1.165) is 0 Å². The molecule has 16 heavy (non-hydrogen) atoms. The molecule has 0 aliphatic rings. The molecular formula is C6H8MnO9. The molecule has 0 spiro atoms. The van der Waals surface area contributed by atoms with Crippen LogP contribution in [0.1, 0.15) is 12.8 Å². The fraction of sp³-hybridized carbons (Fsp3) is 0.500. The quantitative estimate of drug-likeness (QED) is 0.179. The molecule has 1 unspecified atom stereocenters. The van der Waals surface area contributed by atoms with Gasteiger partial charge in [0.2, 0.25) is 0 Å². The summed E-state index contributed by atoms with van der Waals surface area (Å²) in [5.41, 5.74) is -2.71. The number of rotatable bonds is 6. The van der Waals surface area contributed by atoms with Gasteiger partial charge >= 0.3 is 32.0 Å². The van der Waals surface area contributed by atoms with E-state index in [2.05, 4.69) is 4.89 Å². The summed E-state index contributed by atoms with van der Waals surface area (Å²) in [5, 5.41) is 44.3. The number of carboxylic acid groups (broad SMARTS) is 2. The topological polar surface area (TPSA) is 164 Å². The standard InChI is InChI=1S/C6H8O8.Mn.O/c7-3(8)1-6(12,2-4(9)10)5(11)14-13;;/h11-12H,1-2H2,(H2-,7,8,9,10,13);;. The average Bonchev–Trinajstić information content (AvgIpc) is 2.17. The van der Waals surface area contributed by atoms with E-state index >= 15 is 0 Å². The molecule has 0 aliphatic heterocycles. The van der Waals surface area contributed by atoms with Crippen LogP contribution < -0.4 is 5.11 Å². The zero-order valence-electron chi connectivity index (χ0n) is 7.62. The third-order valence-corrected chi connectivity index (χ3v) is 1.37. The third-order valence-electron chi connectivity index (χ3n) is 1.37. The van der Waals surface area contributed by atoms with Crippen LogP contribution in [0, 0.1) is 6.29 Å². The van der Waals surface area contributed by atoms with Crippen LogP contribution in [0.5, 0.6) is 0 Å². The molecule has 0 bridgehead atoms. The Morgan fingerprint density at radius 2 is 1.81 bits per heavy atom. The molecular weight excluding hydrogens is 271 g/mol. The van der Waals surface area contributed by atoms with E-state index in [0.29, 0.717) is 0 Å². The summed E-state index contributed by atoms with van der Waals surface area (Å²) >= 11 is 1.69. The third kappa shape index (κ3) is 6.45. The van der Waals surface area contributed by atoms with E-state index in [1.165, 1.54) is 0 Å². The van der Waals surface area contributed by atoms with Gasteiger partial charge in [0.15, 0.2) is 0 Å². The van der Waals surface area contributed by atoms with E-state index in [4.69, 9.17) is 19.3 Å². The van der Waals surface area contributed by atoms with Gasteiger partial charge in [-0.3, -0.25) is 4.79 Å². The number of aliphatic hydroxyl groups is 2. The van der Waals surface area contributed by atoms with Crippen molar-refractivity contribution < 1.29 is 59.9 Å². The summed E-state index contributed by atoms with van der Waals surface area (Å²) in [6.45, 7) is 0. The van der Waals surface area contributed by atoms with Crippen molar-refractivity contribution in [1.29, 1.82) is 0 Å². The van der Waals surface area contributed by atoms with E-state index < -0.39 is 36.7 Å². The first kappa shape index (κ1) is 17.4. The number of carbonyl (C=O) groups is 2. The first-order chi connectivity index (χ1) is 7.31. The molecule has 9 nitrogen and oxygen atoms in total. The summed E-state index contributed by atoms with van der Waals surface area (Å²) in [6, 6.07) is 0. The number of hydrogen-bond acceptors (Lipinski definition) is 8. The fourth-order valence-corrected chi connectivity index (χ4v) is 0.788. The van der Waals surface area contributed by atoms with Gasteiger partial charge in [-0.15, -0.1) is 0 Å². The van der Waals surface area contributed by atoms with E-state index in [1.54, 1.807) is 15.9 Å². The van der Waals surface area contributed by atoms with Gasteiger partial charge < -0.3 is 20.1 Å². The monoisotopic (exact) mass is 279 g/mol. The Morgan fingerprint density at radius 1 is 1.38 bits per heavy atom. The normalized spacial score (nSPS) is 12.9. The molecule has 0 fully saturated rings. The fourth-order valence-electron chi connectivity index (χ4n) is 0.788. The Kier molecular flexibility index (Phi) is 8.86. The van der Waals surface area contributed by atoms with Crippen LogP contribution >= 0.6 is 0 Å². The molecule has 0 heterocycles. The van der Waals surface area contributed by atoms with Crippen molar-refractivity contribution in [3.8, 4) is 0 Å². The van der Waals surface area contributed by atoms with Crippen molar-refractivity contribution >= 4 is 11.9 Å². The number of carbonyl (C=O) groups excluding carboxylic acids is 1. The van der Waals surface area contributed by atoms with Crippen LogP contribution in [0.25, 0.3) is 0 Å². The Labute approximate surface area is 97.2 Å². The Balaban J connectivity index is 0. The number of hydrogen-bond donors (Lipinski definition) is 4. The SMILES string of the molecule is O=C([O-])CC(O)(CC(=O)O)[C+](O)OO.[O]=[Mn]. The molecule has 4 N–H and O–H groups in total. The number of carboxylic acids is 2. The van der Waals surface area contributed by atoms with Crippen LogP contribution in [-0.4, -0.2) is 38.1 Å². The molecule has 0 radical (unpaired) electrons. The van der Waals surface area contributed by atoms with Crippen molar-refractivity contribution in [1.82, 2.24) is 0 Å². The van der Waals surface area contributed by atoms with Crippen molar-refractivity contribution in [3.63, 3.8) is 0 Å². The van der Waals surface area contributed by atoms with Crippen molar-refractivity contribution in [2.24, 2.45) is 0 Å². The molecule has 0 aromatic heterocycles. The minimum absolute atomic E-state index is 1.15. The van der Waals surface area contributed by atoms with Crippen LogP contribution in [0.4, 0.5) is 0 Å². The van der Waals surface area contributed by atoms with Gasteiger partial charge in [-0.25, -0.2) is 5.26 Å².